The predicted octanol–water partition coefficient (Wildman–Crippen LogP) is 2.93. The third-order valence-electron chi connectivity index (χ3n) is 6.02. The first kappa shape index (κ1) is 26.8. The van der Waals surface area contributed by atoms with Gasteiger partial charge in [-0.1, -0.05) is 6.07 Å². The van der Waals surface area contributed by atoms with Gasteiger partial charge in [-0.2, -0.15) is 0 Å². The lowest BCUT2D eigenvalue weighted by Crippen LogP contribution is -2.47. The van der Waals surface area contributed by atoms with Gasteiger partial charge in [0.2, 0.25) is 0 Å². The quantitative estimate of drug-likeness (QED) is 0.528. The first-order valence-electron chi connectivity index (χ1n) is 10.3. The molecular formula is C21H29Cl3N6OS. The molecule has 0 atom stereocenters. The summed E-state index contributed by atoms with van der Waals surface area (Å²) in [7, 11) is 2.13. The van der Waals surface area contributed by atoms with E-state index < -0.39 is 0 Å². The molecule has 3 aromatic rings. The van der Waals surface area contributed by atoms with Gasteiger partial charge in [0, 0.05) is 63.4 Å². The number of hydrogen-bond donors (Lipinski definition) is 0. The summed E-state index contributed by atoms with van der Waals surface area (Å²) in [6.45, 7) is 7.41. The molecule has 1 saturated heterocycles. The van der Waals surface area contributed by atoms with Crippen LogP contribution in [-0.2, 0) is 19.5 Å². The van der Waals surface area contributed by atoms with Crippen molar-refractivity contribution in [1.29, 1.82) is 0 Å². The van der Waals surface area contributed by atoms with Crippen molar-refractivity contribution in [2.75, 3.05) is 51.2 Å². The second-order valence-electron chi connectivity index (χ2n) is 7.93. The maximum atomic E-state index is 13.1. The smallest absolute Gasteiger partial charge is 0.262 e. The van der Waals surface area contributed by atoms with Crippen LogP contribution in [-0.4, -0.2) is 70.7 Å². The molecule has 0 bridgehead atoms. The van der Waals surface area contributed by atoms with E-state index in [2.05, 4.69) is 37.8 Å². The van der Waals surface area contributed by atoms with Gasteiger partial charge in [0.15, 0.2) is 0 Å². The van der Waals surface area contributed by atoms with E-state index in [1.165, 1.54) is 10.4 Å². The Morgan fingerprint density at radius 1 is 1.00 bits per heavy atom. The zero-order valence-electron chi connectivity index (χ0n) is 18.0. The minimum absolute atomic E-state index is 0. The number of pyridine rings is 1. The van der Waals surface area contributed by atoms with Gasteiger partial charge in [0.05, 0.1) is 11.7 Å². The Labute approximate surface area is 210 Å². The van der Waals surface area contributed by atoms with Crippen LogP contribution in [0.25, 0.3) is 10.2 Å². The van der Waals surface area contributed by atoms with Crippen LogP contribution < -0.4 is 10.5 Å². The third-order valence-corrected chi connectivity index (χ3v) is 7.15. The Hall–Kier alpha value is -1.42. The van der Waals surface area contributed by atoms with Crippen LogP contribution in [0.15, 0.2) is 35.5 Å². The molecule has 3 aromatic heterocycles. The van der Waals surface area contributed by atoms with E-state index in [-0.39, 0.29) is 42.8 Å². The topological polar surface area (TPSA) is 57.5 Å². The van der Waals surface area contributed by atoms with Crippen molar-refractivity contribution in [2.24, 2.45) is 0 Å². The maximum Gasteiger partial charge on any atom is 0.262 e. The van der Waals surface area contributed by atoms with Gasteiger partial charge in [0.25, 0.3) is 5.56 Å². The predicted molar refractivity (Wildman–Crippen MR) is 139 cm³/mol. The molecule has 11 heteroatoms. The van der Waals surface area contributed by atoms with Gasteiger partial charge in [-0.05, 0) is 31.2 Å². The lowest BCUT2D eigenvalue weighted by Gasteiger charge is -2.35. The molecule has 5 heterocycles. The fourth-order valence-corrected chi connectivity index (χ4v) is 5.55. The Balaban J connectivity index is 0.00000121. The van der Waals surface area contributed by atoms with Crippen molar-refractivity contribution >= 4 is 64.6 Å². The van der Waals surface area contributed by atoms with Crippen LogP contribution in [0.5, 0.6) is 0 Å². The van der Waals surface area contributed by atoms with Crippen molar-refractivity contribution in [1.82, 2.24) is 24.3 Å². The van der Waals surface area contributed by atoms with Gasteiger partial charge in [-0.25, -0.2) is 9.97 Å². The van der Waals surface area contributed by atoms with Crippen molar-refractivity contribution in [3.63, 3.8) is 0 Å². The summed E-state index contributed by atoms with van der Waals surface area (Å²) in [5.41, 5.74) is 1.36. The Morgan fingerprint density at radius 2 is 1.78 bits per heavy atom. The zero-order chi connectivity index (χ0) is 19.8. The standard InChI is InChI=1S/C21H26N6OS.3ClH/c1-24-7-5-16-17(14-24)29-20-19(16)21(28)27(15-23-20)13-10-25-8-11-26(12-9-25)18-4-2-3-6-22-18;;;/h2-4,6,15H,5,7-14H2,1H3;3*1H. The highest BCUT2D eigenvalue weighted by Crippen LogP contribution is 2.31. The molecule has 0 spiro atoms. The van der Waals surface area contributed by atoms with Crippen molar-refractivity contribution in [2.45, 2.75) is 19.5 Å². The minimum atomic E-state index is 0. The highest BCUT2D eigenvalue weighted by Gasteiger charge is 2.23. The number of nitrogens with zero attached hydrogens (tertiary/aromatic N) is 6. The van der Waals surface area contributed by atoms with Gasteiger partial charge >= 0.3 is 0 Å². The number of aromatic nitrogens is 3. The molecule has 176 valence electrons. The molecule has 7 nitrogen and oxygen atoms in total. The zero-order valence-corrected chi connectivity index (χ0v) is 21.2. The summed E-state index contributed by atoms with van der Waals surface area (Å²) >= 11 is 1.68. The Bertz CT molecular complexity index is 1070. The SMILES string of the molecule is CN1CCc2c(sc3ncn(CCN4CCN(c5ccccn5)CC4)c(=O)c23)C1.Cl.Cl.Cl. The van der Waals surface area contributed by atoms with E-state index in [1.54, 1.807) is 22.2 Å². The molecule has 32 heavy (non-hydrogen) atoms. The van der Waals surface area contributed by atoms with Crippen LogP contribution in [0, 0.1) is 0 Å². The number of halogens is 3. The summed E-state index contributed by atoms with van der Waals surface area (Å²) in [6, 6.07) is 6.05. The number of hydrogen-bond acceptors (Lipinski definition) is 7. The summed E-state index contributed by atoms with van der Waals surface area (Å²) in [5, 5.41) is 0.862. The van der Waals surface area contributed by atoms with E-state index in [1.807, 2.05) is 18.3 Å². The summed E-state index contributed by atoms with van der Waals surface area (Å²) in [6.07, 6.45) is 4.53. The number of thiophene rings is 1. The number of piperazine rings is 1. The van der Waals surface area contributed by atoms with E-state index in [9.17, 15) is 4.79 Å². The molecule has 2 aliphatic heterocycles. The largest absolute Gasteiger partial charge is 0.354 e. The van der Waals surface area contributed by atoms with E-state index in [0.29, 0.717) is 6.54 Å². The first-order chi connectivity index (χ1) is 14.2. The molecule has 0 N–H and O–H groups in total. The van der Waals surface area contributed by atoms with Gasteiger partial charge in [0.1, 0.15) is 10.6 Å². The first-order valence-corrected chi connectivity index (χ1v) is 11.1. The second kappa shape index (κ2) is 11.6. The Kier molecular flexibility index (Phi) is 9.75. The average Bonchev–Trinajstić information content (AvgIpc) is 3.12. The minimum Gasteiger partial charge on any atom is -0.354 e. The van der Waals surface area contributed by atoms with Gasteiger partial charge in [-0.15, -0.1) is 48.6 Å². The van der Waals surface area contributed by atoms with Crippen LogP contribution in [0.1, 0.15) is 10.4 Å². The average molecular weight is 520 g/mol. The van der Waals surface area contributed by atoms with E-state index in [4.69, 9.17) is 0 Å². The monoisotopic (exact) mass is 518 g/mol. The number of fused-ring (bicyclic) bond motifs is 3. The molecule has 0 saturated carbocycles. The summed E-state index contributed by atoms with van der Waals surface area (Å²) in [4.78, 5) is 31.5. The summed E-state index contributed by atoms with van der Waals surface area (Å²) < 4.78 is 1.80. The molecule has 0 radical (unpaired) electrons. The van der Waals surface area contributed by atoms with Crippen molar-refractivity contribution in [3.05, 3.63) is 51.5 Å². The van der Waals surface area contributed by atoms with Crippen LogP contribution in [0.2, 0.25) is 0 Å². The molecular weight excluding hydrogens is 491 g/mol. The lowest BCUT2D eigenvalue weighted by molar-refractivity contribution is 0.246. The molecule has 5 rings (SSSR count). The number of likely N-dealkylation sites (N-methyl/N-ethyl adjacent to an activating group) is 1. The van der Waals surface area contributed by atoms with Crippen LogP contribution >= 0.6 is 48.6 Å². The Morgan fingerprint density at radius 3 is 2.50 bits per heavy atom. The molecule has 0 unspecified atom stereocenters. The molecule has 1 fully saturated rings. The fourth-order valence-electron chi connectivity index (χ4n) is 4.30. The van der Waals surface area contributed by atoms with Crippen molar-refractivity contribution < 1.29 is 0 Å². The van der Waals surface area contributed by atoms with E-state index >= 15 is 0 Å². The molecule has 0 amide bonds. The summed E-state index contributed by atoms with van der Waals surface area (Å²) in [5.74, 6) is 1.05. The normalized spacial score (nSPS) is 16.6. The maximum absolute atomic E-state index is 13.1. The van der Waals surface area contributed by atoms with Crippen LogP contribution in [0.4, 0.5) is 5.82 Å². The third kappa shape index (κ3) is 5.38. The fraction of sp³-hybridized carbons (Fsp3) is 0.476. The molecule has 2 aliphatic rings. The van der Waals surface area contributed by atoms with Gasteiger partial charge < -0.3 is 9.80 Å². The number of anilines is 1. The molecule has 0 aliphatic carbocycles. The molecule has 0 aromatic carbocycles. The van der Waals surface area contributed by atoms with E-state index in [0.717, 1.165) is 68.3 Å². The number of rotatable bonds is 4. The van der Waals surface area contributed by atoms with Crippen LogP contribution in [0.3, 0.4) is 0 Å². The van der Waals surface area contributed by atoms with Gasteiger partial charge in [-0.3, -0.25) is 14.3 Å². The highest BCUT2D eigenvalue weighted by atomic mass is 35.5. The lowest BCUT2D eigenvalue weighted by atomic mass is 10.1. The highest BCUT2D eigenvalue weighted by molar-refractivity contribution is 7.18. The second-order valence-corrected chi connectivity index (χ2v) is 9.02. The van der Waals surface area contributed by atoms with Crippen molar-refractivity contribution in [3.8, 4) is 0 Å².